The molecule has 2 atom stereocenters. The standard InChI is InChI=1S/C19H20BrClN2O/c1-11(2)19-22-16(12-3-6-14(21)7-4-12)10-17(23-19)15-9-13(20)5-8-18(15)24/h3-9,11,17,19,23-24H,10H2,1-2H3. The summed E-state index contributed by atoms with van der Waals surface area (Å²) in [5, 5.41) is 14.6. The molecular formula is C19H20BrClN2O. The maximum Gasteiger partial charge on any atom is 0.120 e. The highest BCUT2D eigenvalue weighted by atomic mass is 79.9. The van der Waals surface area contributed by atoms with Crippen LogP contribution in [-0.2, 0) is 0 Å². The summed E-state index contributed by atoms with van der Waals surface area (Å²) in [5.74, 6) is 0.653. The Labute approximate surface area is 155 Å². The average molecular weight is 408 g/mol. The van der Waals surface area contributed by atoms with Gasteiger partial charge in [-0.2, -0.15) is 0 Å². The Morgan fingerprint density at radius 1 is 1.21 bits per heavy atom. The first kappa shape index (κ1) is 17.5. The Morgan fingerprint density at radius 2 is 1.92 bits per heavy atom. The van der Waals surface area contributed by atoms with Gasteiger partial charge in [0.05, 0.1) is 0 Å². The monoisotopic (exact) mass is 406 g/mol. The van der Waals surface area contributed by atoms with Crippen molar-refractivity contribution >= 4 is 33.2 Å². The van der Waals surface area contributed by atoms with Crippen LogP contribution in [0.2, 0.25) is 5.02 Å². The van der Waals surface area contributed by atoms with Crippen molar-refractivity contribution in [2.45, 2.75) is 32.5 Å². The highest BCUT2D eigenvalue weighted by molar-refractivity contribution is 9.10. The second kappa shape index (κ2) is 7.26. The van der Waals surface area contributed by atoms with Crippen LogP contribution in [0.15, 0.2) is 51.9 Å². The fraction of sp³-hybridized carbons (Fsp3) is 0.316. The number of aliphatic imine (C=N–C) groups is 1. The van der Waals surface area contributed by atoms with Crippen molar-refractivity contribution < 1.29 is 5.11 Å². The lowest BCUT2D eigenvalue weighted by Crippen LogP contribution is -2.41. The molecule has 3 rings (SSSR count). The lowest BCUT2D eigenvalue weighted by molar-refractivity contribution is 0.345. The largest absolute Gasteiger partial charge is 0.508 e. The molecule has 1 aliphatic heterocycles. The molecule has 0 spiro atoms. The Kier molecular flexibility index (Phi) is 5.28. The minimum absolute atomic E-state index is 0.00723. The third kappa shape index (κ3) is 3.82. The van der Waals surface area contributed by atoms with Gasteiger partial charge in [0.25, 0.3) is 0 Å². The number of hydrogen-bond acceptors (Lipinski definition) is 3. The molecule has 2 aromatic carbocycles. The minimum atomic E-state index is 0.00723. The average Bonchev–Trinajstić information content (AvgIpc) is 2.57. The van der Waals surface area contributed by atoms with E-state index < -0.39 is 0 Å². The molecule has 0 aliphatic carbocycles. The molecule has 0 radical (unpaired) electrons. The maximum absolute atomic E-state index is 10.3. The summed E-state index contributed by atoms with van der Waals surface area (Å²) >= 11 is 9.49. The molecule has 24 heavy (non-hydrogen) atoms. The quantitative estimate of drug-likeness (QED) is 0.724. The van der Waals surface area contributed by atoms with Crippen molar-refractivity contribution in [1.29, 1.82) is 0 Å². The van der Waals surface area contributed by atoms with Crippen LogP contribution in [0.1, 0.15) is 37.4 Å². The first-order valence-corrected chi connectivity index (χ1v) is 9.18. The number of nitrogens with zero attached hydrogens (tertiary/aromatic N) is 1. The highest BCUT2D eigenvalue weighted by Crippen LogP contribution is 2.33. The third-order valence-corrected chi connectivity index (χ3v) is 4.98. The topological polar surface area (TPSA) is 44.6 Å². The predicted molar refractivity (Wildman–Crippen MR) is 103 cm³/mol. The van der Waals surface area contributed by atoms with Gasteiger partial charge in [0.15, 0.2) is 0 Å². The zero-order valence-electron chi connectivity index (χ0n) is 13.6. The van der Waals surface area contributed by atoms with E-state index in [0.29, 0.717) is 11.7 Å². The summed E-state index contributed by atoms with van der Waals surface area (Å²) in [6.45, 7) is 4.29. The first-order valence-electron chi connectivity index (χ1n) is 8.01. The number of halogens is 2. The highest BCUT2D eigenvalue weighted by Gasteiger charge is 2.28. The summed E-state index contributed by atoms with van der Waals surface area (Å²) < 4.78 is 0.953. The van der Waals surface area contributed by atoms with Gasteiger partial charge in [-0.15, -0.1) is 0 Å². The van der Waals surface area contributed by atoms with E-state index in [1.165, 1.54) is 0 Å². The lowest BCUT2D eigenvalue weighted by Gasteiger charge is -2.32. The Bertz CT molecular complexity index is 758. The molecule has 1 heterocycles. The Hall–Kier alpha value is -1.36. The van der Waals surface area contributed by atoms with E-state index in [0.717, 1.165) is 32.8 Å². The summed E-state index contributed by atoms with van der Waals surface area (Å²) in [6, 6.07) is 13.3. The Balaban J connectivity index is 1.97. The Morgan fingerprint density at radius 3 is 2.58 bits per heavy atom. The predicted octanol–water partition coefficient (Wildman–Crippen LogP) is 5.31. The molecule has 0 amide bonds. The number of phenolic OH excluding ortho intramolecular Hbond substituents is 1. The van der Waals surface area contributed by atoms with E-state index in [-0.39, 0.29) is 12.2 Å². The number of nitrogens with one attached hydrogen (secondary N) is 1. The van der Waals surface area contributed by atoms with Crippen LogP contribution >= 0.6 is 27.5 Å². The van der Waals surface area contributed by atoms with Crippen LogP contribution in [0.4, 0.5) is 0 Å². The van der Waals surface area contributed by atoms with Crippen LogP contribution < -0.4 is 5.32 Å². The number of aromatic hydroxyl groups is 1. The molecule has 5 heteroatoms. The van der Waals surface area contributed by atoms with Crippen molar-refractivity contribution in [3.63, 3.8) is 0 Å². The number of benzene rings is 2. The van der Waals surface area contributed by atoms with Crippen molar-refractivity contribution in [1.82, 2.24) is 5.32 Å². The number of hydrogen-bond donors (Lipinski definition) is 2. The molecule has 126 valence electrons. The molecule has 0 aromatic heterocycles. The number of phenols is 1. The van der Waals surface area contributed by atoms with Crippen molar-refractivity contribution in [3.8, 4) is 5.75 Å². The first-order chi connectivity index (χ1) is 11.4. The SMILES string of the molecule is CC(C)C1N=C(c2ccc(Cl)cc2)CC(c2cc(Br)ccc2O)N1. The van der Waals surface area contributed by atoms with Gasteiger partial charge in [-0.3, -0.25) is 10.3 Å². The molecule has 2 aromatic rings. The van der Waals surface area contributed by atoms with Crippen LogP contribution in [0.3, 0.4) is 0 Å². The summed E-state index contributed by atoms with van der Waals surface area (Å²) in [4.78, 5) is 4.88. The van der Waals surface area contributed by atoms with Crippen LogP contribution in [0, 0.1) is 5.92 Å². The van der Waals surface area contributed by atoms with Gasteiger partial charge in [0.2, 0.25) is 0 Å². The van der Waals surface area contributed by atoms with E-state index in [2.05, 4.69) is 35.1 Å². The van der Waals surface area contributed by atoms with E-state index in [1.54, 1.807) is 6.07 Å². The molecule has 3 nitrogen and oxygen atoms in total. The fourth-order valence-electron chi connectivity index (χ4n) is 2.90. The number of rotatable bonds is 3. The normalized spacial score (nSPS) is 21.0. The van der Waals surface area contributed by atoms with Gasteiger partial charge < -0.3 is 5.11 Å². The molecule has 0 saturated carbocycles. The van der Waals surface area contributed by atoms with Crippen molar-refractivity contribution in [2.75, 3.05) is 0 Å². The lowest BCUT2D eigenvalue weighted by atomic mass is 9.93. The van der Waals surface area contributed by atoms with Gasteiger partial charge in [-0.1, -0.05) is 53.5 Å². The second-order valence-corrected chi connectivity index (χ2v) is 7.75. The zero-order chi connectivity index (χ0) is 17.3. The van der Waals surface area contributed by atoms with Gasteiger partial charge in [0.1, 0.15) is 11.9 Å². The van der Waals surface area contributed by atoms with E-state index in [4.69, 9.17) is 16.6 Å². The van der Waals surface area contributed by atoms with Crippen molar-refractivity contribution in [3.05, 3.63) is 63.1 Å². The van der Waals surface area contributed by atoms with E-state index in [1.807, 2.05) is 36.4 Å². The molecular weight excluding hydrogens is 388 g/mol. The van der Waals surface area contributed by atoms with Crippen LogP contribution in [0.5, 0.6) is 5.75 Å². The smallest absolute Gasteiger partial charge is 0.120 e. The molecule has 0 bridgehead atoms. The van der Waals surface area contributed by atoms with Crippen LogP contribution in [0.25, 0.3) is 0 Å². The molecule has 1 aliphatic rings. The molecule has 0 saturated heterocycles. The fourth-order valence-corrected chi connectivity index (χ4v) is 3.40. The molecule has 0 fully saturated rings. The van der Waals surface area contributed by atoms with Gasteiger partial charge in [-0.05, 0) is 41.8 Å². The third-order valence-electron chi connectivity index (χ3n) is 4.24. The summed E-state index contributed by atoms with van der Waals surface area (Å²) in [7, 11) is 0. The van der Waals surface area contributed by atoms with Crippen molar-refractivity contribution in [2.24, 2.45) is 10.9 Å². The van der Waals surface area contributed by atoms with Gasteiger partial charge in [0, 0.05) is 33.2 Å². The van der Waals surface area contributed by atoms with Gasteiger partial charge >= 0.3 is 0 Å². The maximum atomic E-state index is 10.3. The molecule has 2 unspecified atom stereocenters. The molecule has 2 N–H and O–H groups in total. The van der Waals surface area contributed by atoms with E-state index in [9.17, 15) is 5.11 Å². The second-order valence-electron chi connectivity index (χ2n) is 6.40. The summed E-state index contributed by atoms with van der Waals surface area (Å²) in [6.07, 6.45) is 0.724. The summed E-state index contributed by atoms with van der Waals surface area (Å²) in [5.41, 5.74) is 3.00. The minimum Gasteiger partial charge on any atom is -0.508 e. The van der Waals surface area contributed by atoms with E-state index >= 15 is 0 Å². The zero-order valence-corrected chi connectivity index (χ0v) is 16.0. The van der Waals surface area contributed by atoms with Gasteiger partial charge in [-0.25, -0.2) is 0 Å². The van der Waals surface area contributed by atoms with Crippen LogP contribution in [-0.4, -0.2) is 17.0 Å².